The summed E-state index contributed by atoms with van der Waals surface area (Å²) in [4.78, 5) is 22.5. The van der Waals surface area contributed by atoms with Crippen molar-refractivity contribution in [2.45, 2.75) is 13.5 Å². The summed E-state index contributed by atoms with van der Waals surface area (Å²) < 4.78 is 1.84. The summed E-state index contributed by atoms with van der Waals surface area (Å²) >= 11 is 0. The average molecular weight is 336 g/mol. The molecule has 7 heteroatoms. The Labute approximate surface area is 143 Å². The van der Waals surface area contributed by atoms with Crippen LogP contribution in [-0.2, 0) is 11.3 Å². The van der Waals surface area contributed by atoms with E-state index in [0.29, 0.717) is 11.3 Å². The highest BCUT2D eigenvalue weighted by atomic mass is 16.6. The van der Waals surface area contributed by atoms with Crippen molar-refractivity contribution >= 4 is 28.2 Å². The number of nitrogens with zero attached hydrogens (tertiary/aromatic N) is 3. The molecule has 7 nitrogen and oxygen atoms in total. The van der Waals surface area contributed by atoms with E-state index in [4.69, 9.17) is 0 Å². The number of para-hydroxylation sites is 1. The first-order valence-electron chi connectivity index (χ1n) is 7.66. The summed E-state index contributed by atoms with van der Waals surface area (Å²) in [6.07, 6.45) is 1.85. The smallest absolute Gasteiger partial charge is 0.270 e. The quantitative estimate of drug-likeness (QED) is 0.441. The summed E-state index contributed by atoms with van der Waals surface area (Å²) in [5, 5.41) is 15.9. The van der Waals surface area contributed by atoms with Crippen molar-refractivity contribution < 1.29 is 9.72 Å². The zero-order valence-corrected chi connectivity index (χ0v) is 13.5. The fourth-order valence-corrected chi connectivity index (χ4v) is 2.52. The van der Waals surface area contributed by atoms with Gasteiger partial charge in [0.15, 0.2) is 0 Å². The van der Waals surface area contributed by atoms with Gasteiger partial charge in [0.2, 0.25) is 0 Å². The van der Waals surface area contributed by atoms with Crippen LogP contribution in [0.5, 0.6) is 0 Å². The lowest BCUT2D eigenvalue weighted by Crippen LogP contribution is -2.24. The standard InChI is InChI=1S/C18H16N4O3/c1-13(15-6-4-7-16(11-15)22(24)25)19-20-18(23)12-21-10-9-14-5-2-3-8-17(14)21/h2-11H,12H2,1H3,(H,20,23)/b19-13-. The molecule has 0 saturated carbocycles. The maximum absolute atomic E-state index is 12.1. The van der Waals surface area contributed by atoms with Crippen LogP contribution >= 0.6 is 0 Å². The molecule has 3 rings (SSSR count). The van der Waals surface area contributed by atoms with Gasteiger partial charge in [-0.3, -0.25) is 14.9 Å². The van der Waals surface area contributed by atoms with Gasteiger partial charge in [-0.15, -0.1) is 0 Å². The van der Waals surface area contributed by atoms with Gasteiger partial charge in [-0.25, -0.2) is 5.43 Å². The van der Waals surface area contributed by atoms with E-state index < -0.39 is 4.92 Å². The lowest BCUT2D eigenvalue weighted by molar-refractivity contribution is -0.384. The van der Waals surface area contributed by atoms with Crippen LogP contribution in [0, 0.1) is 10.1 Å². The van der Waals surface area contributed by atoms with Crippen LogP contribution in [0.3, 0.4) is 0 Å². The number of fused-ring (bicyclic) bond motifs is 1. The normalized spacial score (nSPS) is 11.5. The van der Waals surface area contributed by atoms with E-state index in [2.05, 4.69) is 10.5 Å². The molecule has 0 saturated heterocycles. The van der Waals surface area contributed by atoms with E-state index in [1.165, 1.54) is 12.1 Å². The van der Waals surface area contributed by atoms with Gasteiger partial charge in [0.1, 0.15) is 6.54 Å². The highest BCUT2D eigenvalue weighted by Crippen LogP contribution is 2.15. The molecule has 0 fully saturated rings. The molecule has 1 heterocycles. The van der Waals surface area contributed by atoms with E-state index in [9.17, 15) is 14.9 Å². The first kappa shape index (κ1) is 16.4. The molecule has 0 unspecified atom stereocenters. The van der Waals surface area contributed by atoms with Gasteiger partial charge < -0.3 is 4.57 Å². The number of non-ortho nitro benzene ring substituents is 1. The molecule has 126 valence electrons. The third-order valence-electron chi connectivity index (χ3n) is 3.82. The molecule has 0 spiro atoms. The summed E-state index contributed by atoms with van der Waals surface area (Å²) in [5.74, 6) is -0.272. The highest BCUT2D eigenvalue weighted by Gasteiger charge is 2.09. The number of hydrazone groups is 1. The van der Waals surface area contributed by atoms with Crippen molar-refractivity contribution in [3.8, 4) is 0 Å². The lowest BCUT2D eigenvalue weighted by atomic mass is 10.1. The zero-order chi connectivity index (χ0) is 17.8. The molecule has 0 bridgehead atoms. The Morgan fingerprint density at radius 2 is 2.00 bits per heavy atom. The van der Waals surface area contributed by atoms with Crippen molar-refractivity contribution in [2.75, 3.05) is 0 Å². The van der Waals surface area contributed by atoms with Gasteiger partial charge in [0, 0.05) is 29.4 Å². The zero-order valence-electron chi connectivity index (χ0n) is 13.5. The summed E-state index contributed by atoms with van der Waals surface area (Å²) in [6, 6.07) is 15.9. The number of hydrogen-bond acceptors (Lipinski definition) is 4. The van der Waals surface area contributed by atoms with Gasteiger partial charge in [0.05, 0.1) is 10.6 Å². The van der Waals surface area contributed by atoms with Crippen LogP contribution in [0.15, 0.2) is 65.9 Å². The lowest BCUT2D eigenvalue weighted by Gasteiger charge is -2.05. The number of carbonyl (C=O) groups is 1. The molecule has 2 aromatic carbocycles. The van der Waals surface area contributed by atoms with Crippen molar-refractivity contribution in [1.29, 1.82) is 0 Å². The van der Waals surface area contributed by atoms with Crippen molar-refractivity contribution in [3.63, 3.8) is 0 Å². The van der Waals surface area contributed by atoms with Crippen LogP contribution in [0.25, 0.3) is 10.9 Å². The number of benzene rings is 2. The third-order valence-corrected chi connectivity index (χ3v) is 3.82. The first-order valence-corrected chi connectivity index (χ1v) is 7.66. The van der Waals surface area contributed by atoms with Gasteiger partial charge in [-0.1, -0.05) is 30.3 Å². The number of nitrogens with one attached hydrogen (secondary N) is 1. The number of rotatable bonds is 5. The van der Waals surface area contributed by atoms with Crippen LogP contribution < -0.4 is 5.43 Å². The molecule has 0 aliphatic heterocycles. The maximum Gasteiger partial charge on any atom is 0.270 e. The molecule has 0 radical (unpaired) electrons. The van der Waals surface area contributed by atoms with Crippen LogP contribution in [0.4, 0.5) is 5.69 Å². The molecule has 1 aromatic heterocycles. The van der Waals surface area contributed by atoms with E-state index >= 15 is 0 Å². The molecule has 3 aromatic rings. The molecular formula is C18H16N4O3. The molecule has 0 aliphatic rings. The Morgan fingerprint density at radius 1 is 1.20 bits per heavy atom. The Bertz CT molecular complexity index is 975. The number of amides is 1. The van der Waals surface area contributed by atoms with E-state index in [1.807, 2.05) is 41.1 Å². The van der Waals surface area contributed by atoms with E-state index in [0.717, 1.165) is 10.9 Å². The predicted molar refractivity (Wildman–Crippen MR) is 95.4 cm³/mol. The largest absolute Gasteiger partial charge is 0.338 e. The minimum atomic E-state index is -0.466. The minimum absolute atomic E-state index is 0.0165. The van der Waals surface area contributed by atoms with Crippen LogP contribution in [-0.4, -0.2) is 21.1 Å². The van der Waals surface area contributed by atoms with Crippen LogP contribution in [0.1, 0.15) is 12.5 Å². The number of aromatic nitrogens is 1. The average Bonchev–Trinajstić information content (AvgIpc) is 3.03. The second kappa shape index (κ2) is 6.96. The Hall–Kier alpha value is -3.48. The van der Waals surface area contributed by atoms with Gasteiger partial charge in [-0.05, 0) is 24.4 Å². The molecule has 25 heavy (non-hydrogen) atoms. The fraction of sp³-hybridized carbons (Fsp3) is 0.111. The molecule has 1 amide bonds. The second-order valence-corrected chi connectivity index (χ2v) is 5.54. The SMILES string of the molecule is C/C(=N/NC(=O)Cn1ccc2ccccc21)c1cccc([N+](=O)[O-])c1. The fourth-order valence-electron chi connectivity index (χ4n) is 2.52. The predicted octanol–water partition coefficient (Wildman–Crippen LogP) is 3.09. The number of nitro benzene ring substituents is 1. The first-order chi connectivity index (χ1) is 12.0. The van der Waals surface area contributed by atoms with Crippen molar-refractivity contribution in [2.24, 2.45) is 5.10 Å². The Kier molecular flexibility index (Phi) is 4.56. The maximum atomic E-state index is 12.1. The van der Waals surface area contributed by atoms with Gasteiger partial charge in [0.25, 0.3) is 11.6 Å². The third kappa shape index (κ3) is 3.72. The number of hydrogen-bond donors (Lipinski definition) is 1. The van der Waals surface area contributed by atoms with Crippen LogP contribution in [0.2, 0.25) is 0 Å². The summed E-state index contributed by atoms with van der Waals surface area (Å²) in [5.41, 5.74) is 4.52. The summed E-state index contributed by atoms with van der Waals surface area (Å²) in [7, 11) is 0. The molecular weight excluding hydrogens is 320 g/mol. The minimum Gasteiger partial charge on any atom is -0.338 e. The van der Waals surface area contributed by atoms with E-state index in [1.54, 1.807) is 19.1 Å². The van der Waals surface area contributed by atoms with Crippen molar-refractivity contribution in [1.82, 2.24) is 9.99 Å². The molecule has 0 atom stereocenters. The monoisotopic (exact) mass is 336 g/mol. The van der Waals surface area contributed by atoms with Gasteiger partial charge in [-0.2, -0.15) is 5.10 Å². The Morgan fingerprint density at radius 3 is 2.80 bits per heavy atom. The van der Waals surface area contributed by atoms with Gasteiger partial charge >= 0.3 is 0 Å². The highest BCUT2D eigenvalue weighted by molar-refractivity contribution is 5.99. The number of nitro groups is 1. The second-order valence-electron chi connectivity index (χ2n) is 5.54. The Balaban J connectivity index is 1.69. The molecule has 0 aliphatic carbocycles. The summed E-state index contributed by atoms with van der Waals surface area (Å²) in [6.45, 7) is 1.82. The van der Waals surface area contributed by atoms with Crippen molar-refractivity contribution in [3.05, 3.63) is 76.5 Å². The number of carbonyl (C=O) groups excluding carboxylic acids is 1. The van der Waals surface area contributed by atoms with E-state index in [-0.39, 0.29) is 18.1 Å². The molecule has 1 N–H and O–H groups in total. The topological polar surface area (TPSA) is 89.5 Å².